The fourth-order valence-electron chi connectivity index (χ4n) is 1.03. The Morgan fingerprint density at radius 3 is 2.36 bits per heavy atom. The molecule has 82 valence electrons. The number of hydrogen-bond donors (Lipinski definition) is 5. The maximum Gasteiger partial charge on any atom is 0.322 e. The van der Waals surface area contributed by atoms with Crippen molar-refractivity contribution < 1.29 is 14.7 Å². The van der Waals surface area contributed by atoms with Crippen LogP contribution in [0.1, 0.15) is 12.8 Å². The highest BCUT2D eigenvalue weighted by atomic mass is 16.4. The summed E-state index contributed by atoms with van der Waals surface area (Å²) in [5.41, 5.74) is 15.5. The molecule has 0 aromatic carbocycles. The van der Waals surface area contributed by atoms with Crippen LogP contribution in [-0.2, 0) is 4.79 Å². The quantitative estimate of drug-likeness (QED) is 0.345. The summed E-state index contributed by atoms with van der Waals surface area (Å²) in [4.78, 5) is 21.1. The fraction of sp³-hybridized carbons (Fsp3) is 0.714. The van der Waals surface area contributed by atoms with Gasteiger partial charge in [-0.25, -0.2) is 4.79 Å². The Morgan fingerprint density at radius 1 is 1.43 bits per heavy atom. The van der Waals surface area contributed by atoms with Gasteiger partial charge in [0.1, 0.15) is 6.04 Å². The van der Waals surface area contributed by atoms with Crippen molar-refractivity contribution in [1.29, 1.82) is 0 Å². The van der Waals surface area contributed by atoms with Crippen LogP contribution in [0, 0.1) is 0 Å². The first kappa shape index (κ1) is 12.7. The number of carbonyl (C=O) groups is 2. The van der Waals surface area contributed by atoms with Gasteiger partial charge in [0.25, 0.3) is 0 Å². The predicted molar refractivity (Wildman–Crippen MR) is 50.4 cm³/mol. The molecule has 0 spiro atoms. The third-order valence-electron chi connectivity index (χ3n) is 1.77. The number of nitrogens with two attached hydrogens (primary N) is 3. The van der Waals surface area contributed by atoms with E-state index in [4.69, 9.17) is 22.3 Å². The zero-order chi connectivity index (χ0) is 11.1. The van der Waals surface area contributed by atoms with Crippen molar-refractivity contribution in [1.82, 2.24) is 5.32 Å². The van der Waals surface area contributed by atoms with Crippen LogP contribution < -0.4 is 22.5 Å². The van der Waals surface area contributed by atoms with Gasteiger partial charge in [-0.05, 0) is 19.4 Å². The van der Waals surface area contributed by atoms with E-state index in [0.717, 1.165) is 0 Å². The molecule has 0 bridgehead atoms. The van der Waals surface area contributed by atoms with Gasteiger partial charge in [-0.3, -0.25) is 4.79 Å². The van der Waals surface area contributed by atoms with Crippen molar-refractivity contribution in [3.63, 3.8) is 0 Å². The Morgan fingerprint density at radius 2 is 2.00 bits per heavy atom. The first-order chi connectivity index (χ1) is 6.49. The van der Waals surface area contributed by atoms with Gasteiger partial charge in [0.2, 0.25) is 0 Å². The molecule has 7 nitrogen and oxygen atoms in total. The van der Waals surface area contributed by atoms with Gasteiger partial charge in [0.15, 0.2) is 0 Å². The molecular weight excluding hydrogens is 188 g/mol. The molecule has 7 heteroatoms. The van der Waals surface area contributed by atoms with Gasteiger partial charge in [0, 0.05) is 0 Å². The van der Waals surface area contributed by atoms with E-state index in [1.165, 1.54) is 0 Å². The largest absolute Gasteiger partial charge is 0.480 e. The van der Waals surface area contributed by atoms with Crippen LogP contribution in [0.5, 0.6) is 0 Å². The van der Waals surface area contributed by atoms with Gasteiger partial charge in [-0.2, -0.15) is 0 Å². The smallest absolute Gasteiger partial charge is 0.322 e. The van der Waals surface area contributed by atoms with E-state index >= 15 is 0 Å². The van der Waals surface area contributed by atoms with Crippen LogP contribution in [0.2, 0.25) is 0 Å². The number of carboxylic acids is 1. The lowest BCUT2D eigenvalue weighted by Crippen LogP contribution is -2.53. The van der Waals surface area contributed by atoms with E-state index in [0.29, 0.717) is 19.4 Å². The molecule has 0 aliphatic heterocycles. The monoisotopic (exact) mass is 204 g/mol. The van der Waals surface area contributed by atoms with E-state index < -0.39 is 24.1 Å². The fourth-order valence-corrected chi connectivity index (χ4v) is 1.03. The summed E-state index contributed by atoms with van der Waals surface area (Å²) < 4.78 is 0. The number of primary amides is 1. The van der Waals surface area contributed by atoms with Gasteiger partial charge < -0.3 is 27.6 Å². The molecule has 0 saturated carbocycles. The second-order valence-corrected chi connectivity index (χ2v) is 2.91. The second kappa shape index (κ2) is 6.17. The summed E-state index contributed by atoms with van der Waals surface area (Å²) >= 11 is 0. The Kier molecular flexibility index (Phi) is 5.58. The second-order valence-electron chi connectivity index (χ2n) is 2.91. The van der Waals surface area contributed by atoms with Crippen molar-refractivity contribution in [2.75, 3.05) is 6.54 Å². The molecule has 0 aliphatic carbocycles. The molecule has 0 heterocycles. The molecule has 0 aromatic heterocycles. The molecule has 0 fully saturated rings. The standard InChI is InChI=1S/C7H16N4O3/c8-3-1-2-4(11-7(10)14)5(9)6(12)13/h4-5H,1-3,8-9H2,(H,12,13)(H3,10,11,14)/t4?,5-/m0/s1. The van der Waals surface area contributed by atoms with Crippen molar-refractivity contribution in [3.05, 3.63) is 0 Å². The van der Waals surface area contributed by atoms with Crippen molar-refractivity contribution in [3.8, 4) is 0 Å². The third kappa shape index (κ3) is 4.63. The molecule has 8 N–H and O–H groups in total. The minimum atomic E-state index is -1.18. The molecule has 0 aromatic rings. The zero-order valence-corrected chi connectivity index (χ0v) is 7.77. The molecule has 0 radical (unpaired) electrons. The highest BCUT2D eigenvalue weighted by molar-refractivity contribution is 5.77. The molecule has 14 heavy (non-hydrogen) atoms. The van der Waals surface area contributed by atoms with Crippen molar-refractivity contribution >= 4 is 12.0 Å². The first-order valence-corrected chi connectivity index (χ1v) is 4.23. The minimum Gasteiger partial charge on any atom is -0.480 e. The average molecular weight is 204 g/mol. The number of amides is 2. The topological polar surface area (TPSA) is 144 Å². The highest BCUT2D eigenvalue weighted by Crippen LogP contribution is 2.00. The summed E-state index contributed by atoms with van der Waals surface area (Å²) in [6, 6.07) is -2.62. The van der Waals surface area contributed by atoms with Gasteiger partial charge in [-0.15, -0.1) is 0 Å². The lowest BCUT2D eigenvalue weighted by Gasteiger charge is -2.20. The SMILES string of the molecule is NCCCC(NC(N)=O)[C@H](N)C(=O)O. The molecule has 2 amide bonds. The molecule has 0 aliphatic rings. The zero-order valence-electron chi connectivity index (χ0n) is 7.77. The number of carbonyl (C=O) groups excluding carboxylic acids is 1. The van der Waals surface area contributed by atoms with Crippen LogP contribution in [-0.4, -0.2) is 35.7 Å². The van der Waals surface area contributed by atoms with Crippen molar-refractivity contribution in [2.24, 2.45) is 17.2 Å². The lowest BCUT2D eigenvalue weighted by atomic mass is 10.0. The Hall–Kier alpha value is -1.34. The van der Waals surface area contributed by atoms with Crippen LogP contribution in [0.3, 0.4) is 0 Å². The average Bonchev–Trinajstić information content (AvgIpc) is 2.10. The Labute approximate surface area is 81.6 Å². The van der Waals surface area contributed by atoms with E-state index in [1.54, 1.807) is 0 Å². The highest BCUT2D eigenvalue weighted by Gasteiger charge is 2.24. The summed E-state index contributed by atoms with van der Waals surface area (Å²) in [7, 11) is 0. The summed E-state index contributed by atoms with van der Waals surface area (Å²) in [5, 5.41) is 10.9. The van der Waals surface area contributed by atoms with Crippen LogP contribution >= 0.6 is 0 Å². The van der Waals surface area contributed by atoms with E-state index in [9.17, 15) is 9.59 Å². The number of nitrogens with one attached hydrogen (secondary N) is 1. The number of rotatable bonds is 6. The van der Waals surface area contributed by atoms with E-state index in [1.807, 2.05) is 0 Å². The molecule has 2 atom stereocenters. The third-order valence-corrected chi connectivity index (χ3v) is 1.77. The van der Waals surface area contributed by atoms with Gasteiger partial charge in [-0.1, -0.05) is 0 Å². The molecule has 0 saturated heterocycles. The number of hydrogen-bond acceptors (Lipinski definition) is 4. The van der Waals surface area contributed by atoms with Crippen molar-refractivity contribution in [2.45, 2.75) is 24.9 Å². The van der Waals surface area contributed by atoms with E-state index in [2.05, 4.69) is 5.32 Å². The van der Waals surface area contributed by atoms with Gasteiger partial charge >= 0.3 is 12.0 Å². The Balaban J connectivity index is 4.22. The maximum absolute atomic E-state index is 10.5. The number of urea groups is 1. The Bertz CT molecular complexity index is 209. The lowest BCUT2D eigenvalue weighted by molar-refractivity contribution is -0.139. The van der Waals surface area contributed by atoms with E-state index in [-0.39, 0.29) is 0 Å². The molecule has 0 rings (SSSR count). The van der Waals surface area contributed by atoms with Crippen LogP contribution in [0.15, 0.2) is 0 Å². The number of aliphatic carboxylic acids is 1. The van der Waals surface area contributed by atoms with Crippen LogP contribution in [0.25, 0.3) is 0 Å². The first-order valence-electron chi connectivity index (χ1n) is 4.23. The summed E-state index contributed by atoms with van der Waals surface area (Å²) in [6.07, 6.45) is 0.971. The maximum atomic E-state index is 10.5. The summed E-state index contributed by atoms with van der Waals surface area (Å²) in [5.74, 6) is -1.18. The normalized spacial score (nSPS) is 14.4. The van der Waals surface area contributed by atoms with Gasteiger partial charge in [0.05, 0.1) is 6.04 Å². The van der Waals surface area contributed by atoms with Crippen LogP contribution in [0.4, 0.5) is 4.79 Å². The summed E-state index contributed by atoms with van der Waals surface area (Å²) in [6.45, 7) is 0.406. The minimum absolute atomic E-state index is 0.396. The molecule has 1 unspecified atom stereocenters. The molecular formula is C7H16N4O3. The number of carboxylic acid groups (broad SMARTS) is 1. The predicted octanol–water partition coefficient (Wildman–Crippen LogP) is -1.83.